The van der Waals surface area contributed by atoms with Crippen molar-refractivity contribution in [1.29, 1.82) is 0 Å². The van der Waals surface area contributed by atoms with Crippen LogP contribution in [0.3, 0.4) is 0 Å². The first kappa shape index (κ1) is 15.8. The molecule has 4 nitrogen and oxygen atoms in total. The summed E-state index contributed by atoms with van der Waals surface area (Å²) in [5.74, 6) is 2.89. The summed E-state index contributed by atoms with van der Waals surface area (Å²) in [6.07, 6.45) is 1.82. The lowest BCUT2D eigenvalue weighted by Crippen LogP contribution is -2.05. The number of halogens is 1. The van der Waals surface area contributed by atoms with Gasteiger partial charge in [0.1, 0.15) is 17.4 Å². The van der Waals surface area contributed by atoms with Gasteiger partial charge in [0.05, 0.1) is 4.47 Å². The Bertz CT molecular complexity index is 616. The maximum atomic E-state index is 5.89. The van der Waals surface area contributed by atoms with E-state index in [9.17, 15) is 0 Å². The molecule has 0 saturated heterocycles. The van der Waals surface area contributed by atoms with Gasteiger partial charge >= 0.3 is 0 Å². The van der Waals surface area contributed by atoms with E-state index in [1.165, 1.54) is 5.56 Å². The largest absolute Gasteiger partial charge is 0.438 e. The summed E-state index contributed by atoms with van der Waals surface area (Å²) in [4.78, 5) is 8.88. The molecule has 1 aromatic heterocycles. The molecule has 0 aliphatic carbocycles. The summed E-state index contributed by atoms with van der Waals surface area (Å²) in [5.41, 5.74) is 1.18. The topological polar surface area (TPSA) is 47.0 Å². The molecule has 0 fully saturated rings. The van der Waals surface area contributed by atoms with Crippen molar-refractivity contribution in [3.8, 4) is 11.6 Å². The highest BCUT2D eigenvalue weighted by Crippen LogP contribution is 2.30. The molecule has 0 saturated carbocycles. The number of hydrogen-bond donors (Lipinski definition) is 1. The monoisotopic (exact) mass is 349 g/mol. The third kappa shape index (κ3) is 4.43. The normalized spacial score (nSPS) is 10.5. The standard InChI is InChI=1S/C16H20BrN3O/c1-4-8-18-15-10-16(20-14(5-2)19-15)21-13-7-6-11(3)9-12(13)17/h6-7,9-10H,4-5,8H2,1-3H3,(H,18,19,20). The molecule has 0 atom stereocenters. The minimum atomic E-state index is 0.560. The van der Waals surface area contributed by atoms with Gasteiger partial charge in [-0.05, 0) is 47.0 Å². The molecule has 2 rings (SSSR count). The molecule has 0 unspecified atom stereocenters. The second-order valence-electron chi connectivity index (χ2n) is 4.82. The first-order valence-electron chi connectivity index (χ1n) is 7.18. The van der Waals surface area contributed by atoms with Crippen molar-refractivity contribution >= 4 is 21.7 Å². The zero-order valence-electron chi connectivity index (χ0n) is 12.6. The first-order chi connectivity index (χ1) is 10.1. The first-order valence-corrected chi connectivity index (χ1v) is 7.97. The van der Waals surface area contributed by atoms with E-state index >= 15 is 0 Å². The van der Waals surface area contributed by atoms with E-state index in [4.69, 9.17) is 4.74 Å². The molecule has 1 aromatic carbocycles. The van der Waals surface area contributed by atoms with E-state index in [2.05, 4.69) is 38.1 Å². The highest BCUT2D eigenvalue weighted by atomic mass is 79.9. The second kappa shape index (κ2) is 7.41. The van der Waals surface area contributed by atoms with Crippen LogP contribution in [0, 0.1) is 6.92 Å². The van der Waals surface area contributed by atoms with E-state index in [0.717, 1.165) is 41.3 Å². The lowest BCUT2D eigenvalue weighted by atomic mass is 10.2. The highest BCUT2D eigenvalue weighted by molar-refractivity contribution is 9.10. The van der Waals surface area contributed by atoms with E-state index in [1.54, 1.807) is 0 Å². The van der Waals surface area contributed by atoms with Gasteiger partial charge in [-0.3, -0.25) is 0 Å². The Balaban J connectivity index is 2.25. The minimum Gasteiger partial charge on any atom is -0.438 e. The fraction of sp³-hybridized carbons (Fsp3) is 0.375. The minimum absolute atomic E-state index is 0.560. The van der Waals surface area contributed by atoms with Crippen LogP contribution in [0.25, 0.3) is 0 Å². The van der Waals surface area contributed by atoms with Crippen LogP contribution in [0.15, 0.2) is 28.7 Å². The van der Waals surface area contributed by atoms with Crippen LogP contribution in [0.1, 0.15) is 31.7 Å². The van der Waals surface area contributed by atoms with Gasteiger partial charge in [-0.15, -0.1) is 0 Å². The smallest absolute Gasteiger partial charge is 0.224 e. The molecule has 0 aliphatic heterocycles. The molecule has 112 valence electrons. The summed E-state index contributed by atoms with van der Waals surface area (Å²) in [6.45, 7) is 7.08. The third-order valence-electron chi connectivity index (χ3n) is 2.92. The van der Waals surface area contributed by atoms with E-state index in [0.29, 0.717) is 5.88 Å². The SMILES string of the molecule is CCCNc1cc(Oc2ccc(C)cc2Br)nc(CC)n1. The lowest BCUT2D eigenvalue weighted by Gasteiger charge is -2.11. The number of anilines is 1. The van der Waals surface area contributed by atoms with Crippen LogP contribution in [0.4, 0.5) is 5.82 Å². The Morgan fingerprint density at radius 1 is 1.19 bits per heavy atom. The molecule has 2 aromatic rings. The Kier molecular flexibility index (Phi) is 5.56. The molecule has 1 N–H and O–H groups in total. The highest BCUT2D eigenvalue weighted by Gasteiger charge is 2.08. The molecule has 21 heavy (non-hydrogen) atoms. The predicted molar refractivity (Wildman–Crippen MR) is 89.1 cm³/mol. The van der Waals surface area contributed by atoms with Gasteiger partial charge in [0, 0.05) is 19.0 Å². The number of nitrogens with one attached hydrogen (secondary N) is 1. The van der Waals surface area contributed by atoms with Gasteiger partial charge < -0.3 is 10.1 Å². The van der Waals surface area contributed by atoms with Crippen molar-refractivity contribution in [3.63, 3.8) is 0 Å². The molecule has 1 heterocycles. The Hall–Kier alpha value is -1.62. The summed E-state index contributed by atoms with van der Waals surface area (Å²) in [5, 5.41) is 3.28. The van der Waals surface area contributed by atoms with Crippen molar-refractivity contribution in [2.45, 2.75) is 33.6 Å². The van der Waals surface area contributed by atoms with Crippen LogP contribution in [-0.4, -0.2) is 16.5 Å². The van der Waals surface area contributed by atoms with E-state index in [1.807, 2.05) is 38.1 Å². The van der Waals surface area contributed by atoms with Crippen LogP contribution in [-0.2, 0) is 6.42 Å². The molecule has 0 aliphatic rings. The van der Waals surface area contributed by atoms with Gasteiger partial charge in [0.2, 0.25) is 5.88 Å². The number of aromatic nitrogens is 2. The summed E-state index contributed by atoms with van der Waals surface area (Å²) < 4.78 is 6.81. The van der Waals surface area contributed by atoms with Gasteiger partial charge in [-0.2, -0.15) is 4.98 Å². The van der Waals surface area contributed by atoms with Gasteiger partial charge in [0.25, 0.3) is 0 Å². The van der Waals surface area contributed by atoms with Gasteiger partial charge in [-0.25, -0.2) is 4.98 Å². The van der Waals surface area contributed by atoms with Crippen molar-refractivity contribution < 1.29 is 4.74 Å². The zero-order valence-corrected chi connectivity index (χ0v) is 14.2. The number of aryl methyl sites for hydroxylation is 2. The van der Waals surface area contributed by atoms with Crippen LogP contribution >= 0.6 is 15.9 Å². The summed E-state index contributed by atoms with van der Waals surface area (Å²) in [6, 6.07) is 7.80. The quantitative estimate of drug-likeness (QED) is 0.819. The maximum Gasteiger partial charge on any atom is 0.224 e. The molecule has 0 amide bonds. The molecule has 0 radical (unpaired) electrons. The van der Waals surface area contributed by atoms with Crippen LogP contribution in [0.2, 0.25) is 0 Å². The van der Waals surface area contributed by atoms with E-state index in [-0.39, 0.29) is 0 Å². The Labute approximate surface area is 134 Å². The van der Waals surface area contributed by atoms with Crippen molar-refractivity contribution in [2.75, 3.05) is 11.9 Å². The third-order valence-corrected chi connectivity index (χ3v) is 3.54. The summed E-state index contributed by atoms with van der Waals surface area (Å²) >= 11 is 3.52. The zero-order chi connectivity index (χ0) is 15.2. The van der Waals surface area contributed by atoms with Crippen molar-refractivity contribution in [2.24, 2.45) is 0 Å². The van der Waals surface area contributed by atoms with Crippen LogP contribution in [0.5, 0.6) is 11.6 Å². The molecule has 5 heteroatoms. The average molecular weight is 350 g/mol. The Morgan fingerprint density at radius 2 is 2.00 bits per heavy atom. The van der Waals surface area contributed by atoms with Crippen molar-refractivity contribution in [3.05, 3.63) is 40.1 Å². The predicted octanol–water partition coefficient (Wildman–Crippen LogP) is 4.72. The van der Waals surface area contributed by atoms with Gasteiger partial charge in [-0.1, -0.05) is 19.9 Å². The molecule has 0 bridgehead atoms. The summed E-state index contributed by atoms with van der Waals surface area (Å²) in [7, 11) is 0. The van der Waals surface area contributed by atoms with E-state index < -0.39 is 0 Å². The molecular weight excluding hydrogens is 330 g/mol. The van der Waals surface area contributed by atoms with Crippen LogP contribution < -0.4 is 10.1 Å². The average Bonchev–Trinajstić information content (AvgIpc) is 2.48. The van der Waals surface area contributed by atoms with Gasteiger partial charge in [0.15, 0.2) is 0 Å². The number of nitrogens with zero attached hydrogens (tertiary/aromatic N) is 2. The fourth-order valence-electron chi connectivity index (χ4n) is 1.83. The number of hydrogen-bond acceptors (Lipinski definition) is 4. The number of benzene rings is 1. The molecule has 0 spiro atoms. The second-order valence-corrected chi connectivity index (χ2v) is 5.68. The molecular formula is C16H20BrN3O. The Morgan fingerprint density at radius 3 is 2.67 bits per heavy atom. The lowest BCUT2D eigenvalue weighted by molar-refractivity contribution is 0.456. The van der Waals surface area contributed by atoms with Crippen molar-refractivity contribution in [1.82, 2.24) is 9.97 Å². The maximum absolute atomic E-state index is 5.89. The number of rotatable bonds is 6. The fourth-order valence-corrected chi connectivity index (χ4v) is 2.40. The number of ether oxygens (including phenoxy) is 1.